The lowest BCUT2D eigenvalue weighted by Gasteiger charge is -2.09. The van der Waals surface area contributed by atoms with Crippen LogP contribution in [0.15, 0.2) is 24.3 Å². The van der Waals surface area contributed by atoms with Crippen molar-refractivity contribution in [3.8, 4) is 0 Å². The summed E-state index contributed by atoms with van der Waals surface area (Å²) in [5, 5.41) is 0. The average molecular weight is 341 g/mol. The van der Waals surface area contributed by atoms with Crippen molar-refractivity contribution in [3.05, 3.63) is 24.3 Å². The number of rotatable bonds is 8. The number of benzene rings is 1. The first-order chi connectivity index (χ1) is 9.28. The second kappa shape index (κ2) is 7.14. The molecule has 0 radical (unpaired) electrons. The highest BCUT2D eigenvalue weighted by molar-refractivity contribution is 7.92. The third-order valence-electron chi connectivity index (χ3n) is 2.36. The molecule has 20 heavy (non-hydrogen) atoms. The molecule has 0 bridgehead atoms. The maximum Gasteiger partial charge on any atom is 0.232 e. The second-order valence-corrected chi connectivity index (χ2v) is 8.28. The summed E-state index contributed by atoms with van der Waals surface area (Å²) in [6.07, 6.45) is 0.366. The molecule has 6 nitrogen and oxygen atoms in total. The lowest BCUT2D eigenvalue weighted by molar-refractivity contribution is 0.599. The van der Waals surface area contributed by atoms with Gasteiger partial charge in [-0.15, -0.1) is 11.6 Å². The monoisotopic (exact) mass is 340 g/mol. The third-order valence-corrected chi connectivity index (χ3v) is 5.31. The molecule has 0 aliphatic rings. The molecule has 0 amide bonds. The molecule has 0 aliphatic carbocycles. The molecule has 0 spiro atoms. The highest BCUT2D eigenvalue weighted by atomic mass is 35.5. The van der Waals surface area contributed by atoms with E-state index in [1.54, 1.807) is 0 Å². The van der Waals surface area contributed by atoms with Crippen molar-refractivity contribution in [1.29, 1.82) is 0 Å². The van der Waals surface area contributed by atoms with Crippen molar-refractivity contribution < 1.29 is 16.8 Å². The molecule has 0 saturated heterocycles. The number of halogens is 1. The zero-order valence-electron chi connectivity index (χ0n) is 11.0. The smallest absolute Gasteiger partial charge is 0.232 e. The molecule has 1 aromatic rings. The summed E-state index contributed by atoms with van der Waals surface area (Å²) < 4.78 is 50.8. The molecule has 0 heterocycles. The first-order valence-electron chi connectivity index (χ1n) is 5.95. The molecule has 2 N–H and O–H groups in total. The summed E-state index contributed by atoms with van der Waals surface area (Å²) in [4.78, 5) is 0. The molecule has 0 atom stereocenters. The van der Waals surface area contributed by atoms with E-state index in [0.717, 1.165) is 0 Å². The molecule has 114 valence electrons. The van der Waals surface area contributed by atoms with E-state index in [-0.39, 0.29) is 17.4 Å². The Morgan fingerprint density at radius 1 is 0.950 bits per heavy atom. The summed E-state index contributed by atoms with van der Waals surface area (Å²) in [7, 11) is -6.76. The molecule has 1 aromatic carbocycles. The minimum Gasteiger partial charge on any atom is -0.284 e. The predicted molar refractivity (Wildman–Crippen MR) is 82.3 cm³/mol. The zero-order chi connectivity index (χ0) is 15.2. The van der Waals surface area contributed by atoms with Crippen LogP contribution in [0.1, 0.15) is 13.3 Å². The fourth-order valence-corrected chi connectivity index (χ4v) is 3.39. The van der Waals surface area contributed by atoms with Crippen molar-refractivity contribution >= 4 is 43.0 Å². The highest BCUT2D eigenvalue weighted by Crippen LogP contribution is 2.16. The molecule has 9 heteroatoms. The topological polar surface area (TPSA) is 92.3 Å². The van der Waals surface area contributed by atoms with Gasteiger partial charge < -0.3 is 0 Å². The quantitative estimate of drug-likeness (QED) is 0.706. The van der Waals surface area contributed by atoms with Crippen LogP contribution in [0.25, 0.3) is 0 Å². The van der Waals surface area contributed by atoms with E-state index in [0.29, 0.717) is 17.8 Å². The Labute approximate surface area is 124 Å². The average Bonchev–Trinajstić information content (AvgIpc) is 2.38. The summed E-state index contributed by atoms with van der Waals surface area (Å²) in [5.74, 6) is 0.194. The third kappa shape index (κ3) is 5.98. The van der Waals surface area contributed by atoms with Crippen LogP contribution in [0.3, 0.4) is 0 Å². The minimum atomic E-state index is -3.42. The Kier molecular flexibility index (Phi) is 6.09. The van der Waals surface area contributed by atoms with Gasteiger partial charge in [-0.3, -0.25) is 9.44 Å². The van der Waals surface area contributed by atoms with E-state index in [1.807, 2.05) is 0 Å². The molecule has 0 aromatic heterocycles. The van der Waals surface area contributed by atoms with E-state index in [9.17, 15) is 16.8 Å². The fourth-order valence-electron chi connectivity index (χ4n) is 1.33. The first-order valence-corrected chi connectivity index (χ1v) is 9.79. The maximum atomic E-state index is 11.6. The molecule has 0 saturated carbocycles. The van der Waals surface area contributed by atoms with Crippen molar-refractivity contribution in [1.82, 2.24) is 0 Å². The van der Waals surface area contributed by atoms with E-state index in [4.69, 9.17) is 11.6 Å². The van der Waals surface area contributed by atoms with Crippen LogP contribution >= 0.6 is 11.6 Å². The van der Waals surface area contributed by atoms with Gasteiger partial charge in [-0.1, -0.05) is 0 Å². The second-order valence-electron chi connectivity index (χ2n) is 4.05. The molecule has 0 aliphatic heterocycles. The highest BCUT2D eigenvalue weighted by Gasteiger charge is 2.10. The standard InChI is InChI=1S/C11H17ClN2O4S2/c1-2-19(15,16)13-10-4-6-11(7-5-10)14-20(17,18)9-3-8-12/h4-7,13-14H,2-3,8-9H2,1H3. The molecular formula is C11H17ClN2O4S2. The van der Waals surface area contributed by atoms with Gasteiger partial charge in [0, 0.05) is 17.3 Å². The molecule has 0 fully saturated rings. The van der Waals surface area contributed by atoms with E-state index in [1.165, 1.54) is 31.2 Å². The summed E-state index contributed by atoms with van der Waals surface area (Å²) in [5.41, 5.74) is 0.759. The number of sulfonamides is 2. The van der Waals surface area contributed by atoms with Gasteiger partial charge in [-0.2, -0.15) is 0 Å². The first kappa shape index (κ1) is 17.1. The van der Waals surface area contributed by atoms with E-state index < -0.39 is 20.0 Å². The van der Waals surface area contributed by atoms with Crippen molar-refractivity contribution in [2.45, 2.75) is 13.3 Å². The number of anilines is 2. The van der Waals surface area contributed by atoms with Gasteiger partial charge in [0.1, 0.15) is 0 Å². The van der Waals surface area contributed by atoms with Gasteiger partial charge in [0.25, 0.3) is 0 Å². The van der Waals surface area contributed by atoms with Gasteiger partial charge in [0.05, 0.1) is 11.5 Å². The Balaban J connectivity index is 2.72. The lowest BCUT2D eigenvalue weighted by Crippen LogP contribution is -2.17. The van der Waals surface area contributed by atoms with Gasteiger partial charge in [-0.05, 0) is 37.6 Å². The molecule has 1 rings (SSSR count). The van der Waals surface area contributed by atoms with Crippen LogP contribution in [-0.2, 0) is 20.0 Å². The van der Waals surface area contributed by atoms with Gasteiger partial charge in [0.15, 0.2) is 0 Å². The van der Waals surface area contributed by atoms with Crippen LogP contribution in [0.4, 0.5) is 11.4 Å². The van der Waals surface area contributed by atoms with Crippen LogP contribution < -0.4 is 9.44 Å². The van der Waals surface area contributed by atoms with Crippen molar-refractivity contribution in [2.24, 2.45) is 0 Å². The van der Waals surface area contributed by atoms with Crippen LogP contribution in [0, 0.1) is 0 Å². The number of hydrogen-bond donors (Lipinski definition) is 2. The number of nitrogens with one attached hydrogen (secondary N) is 2. The lowest BCUT2D eigenvalue weighted by atomic mass is 10.3. The summed E-state index contributed by atoms with van der Waals surface area (Å²) in [6.45, 7) is 1.53. The van der Waals surface area contributed by atoms with E-state index in [2.05, 4.69) is 9.44 Å². The van der Waals surface area contributed by atoms with Crippen molar-refractivity contribution in [3.63, 3.8) is 0 Å². The molecule has 0 unspecified atom stereocenters. The Morgan fingerprint density at radius 3 is 1.80 bits per heavy atom. The Bertz CT molecular complexity index is 627. The van der Waals surface area contributed by atoms with E-state index >= 15 is 0 Å². The summed E-state index contributed by atoms with van der Waals surface area (Å²) in [6, 6.07) is 5.97. The van der Waals surface area contributed by atoms with Gasteiger partial charge >= 0.3 is 0 Å². The van der Waals surface area contributed by atoms with Gasteiger partial charge in [0.2, 0.25) is 20.0 Å². The van der Waals surface area contributed by atoms with Crippen molar-refractivity contribution in [2.75, 3.05) is 26.8 Å². The van der Waals surface area contributed by atoms with Crippen LogP contribution in [0.5, 0.6) is 0 Å². The maximum absolute atomic E-state index is 11.6. The molecular weight excluding hydrogens is 324 g/mol. The predicted octanol–water partition coefficient (Wildman–Crippen LogP) is 1.82. The number of hydrogen-bond acceptors (Lipinski definition) is 4. The SMILES string of the molecule is CCS(=O)(=O)Nc1ccc(NS(=O)(=O)CCCCl)cc1. The Morgan fingerprint density at radius 2 is 1.40 bits per heavy atom. The normalized spacial score (nSPS) is 12.1. The van der Waals surface area contributed by atoms with Crippen LogP contribution in [-0.4, -0.2) is 34.2 Å². The summed E-state index contributed by atoms with van der Waals surface area (Å²) >= 11 is 5.45. The Hall–Kier alpha value is -0.990. The van der Waals surface area contributed by atoms with Gasteiger partial charge in [-0.25, -0.2) is 16.8 Å². The van der Waals surface area contributed by atoms with Crippen LogP contribution in [0.2, 0.25) is 0 Å². The number of alkyl halides is 1. The minimum absolute atomic E-state index is 0.0280. The fraction of sp³-hybridized carbons (Fsp3) is 0.455. The largest absolute Gasteiger partial charge is 0.284 e. The zero-order valence-corrected chi connectivity index (χ0v) is 13.4.